The van der Waals surface area contributed by atoms with Crippen LogP contribution in [0.3, 0.4) is 0 Å². The van der Waals surface area contributed by atoms with Gasteiger partial charge < -0.3 is 19.5 Å². The van der Waals surface area contributed by atoms with Crippen LogP contribution in [0.15, 0.2) is 0 Å². The molecule has 0 radical (unpaired) electrons. The first-order chi connectivity index (χ1) is 26.1. The highest BCUT2D eigenvalue weighted by Crippen LogP contribution is 2.19. The van der Waals surface area contributed by atoms with Crippen LogP contribution in [0.4, 0.5) is 0 Å². The van der Waals surface area contributed by atoms with E-state index in [1.54, 1.807) is 0 Å². The second-order valence-corrected chi connectivity index (χ2v) is 16.2. The van der Waals surface area contributed by atoms with Crippen molar-refractivity contribution in [2.75, 3.05) is 32.8 Å². The van der Waals surface area contributed by atoms with Crippen molar-refractivity contribution < 1.29 is 24.2 Å². The number of esters is 2. The number of unbranched alkanes of at least 4 members (excludes halogenated alkanes) is 27. The Hall–Kier alpha value is -1.14. The normalized spacial score (nSPS) is 12.1. The molecular formula is C47H93NO5. The molecule has 0 aromatic heterocycles. The number of hydrogen-bond acceptors (Lipinski definition) is 6. The van der Waals surface area contributed by atoms with Gasteiger partial charge in [-0.25, -0.2) is 0 Å². The first kappa shape index (κ1) is 51.9. The summed E-state index contributed by atoms with van der Waals surface area (Å²) in [5.74, 6) is -0.0227. The summed E-state index contributed by atoms with van der Waals surface area (Å²) < 4.78 is 11.5. The lowest BCUT2D eigenvalue weighted by Gasteiger charge is -2.21. The Morgan fingerprint density at radius 2 is 0.792 bits per heavy atom. The molecule has 0 fully saturated rings. The van der Waals surface area contributed by atoms with E-state index in [9.17, 15) is 14.7 Å². The molecule has 0 aromatic rings. The van der Waals surface area contributed by atoms with Crippen LogP contribution < -0.4 is 0 Å². The van der Waals surface area contributed by atoms with Crippen molar-refractivity contribution in [3.63, 3.8) is 0 Å². The minimum Gasteiger partial charge on any atom is -0.466 e. The van der Waals surface area contributed by atoms with Crippen LogP contribution in [-0.4, -0.2) is 60.9 Å². The first-order valence-corrected chi connectivity index (χ1v) is 23.8. The van der Waals surface area contributed by atoms with E-state index in [-0.39, 0.29) is 24.6 Å². The summed E-state index contributed by atoms with van der Waals surface area (Å²) in [6.07, 6.45) is 42.6. The van der Waals surface area contributed by atoms with Gasteiger partial charge in [0.1, 0.15) is 6.10 Å². The summed E-state index contributed by atoms with van der Waals surface area (Å²) in [4.78, 5) is 27.2. The van der Waals surface area contributed by atoms with Gasteiger partial charge in [-0.3, -0.25) is 9.59 Å². The van der Waals surface area contributed by atoms with Gasteiger partial charge in [0.15, 0.2) is 0 Å². The molecule has 1 atom stereocenters. The molecule has 53 heavy (non-hydrogen) atoms. The number of rotatable bonds is 44. The van der Waals surface area contributed by atoms with Crippen molar-refractivity contribution in [3.05, 3.63) is 0 Å². The SMILES string of the molecule is CCCCCCCCCCCCOC(=O)CCCCCCN(CCO)CCCCCCCC(=O)OC(CCCCCCCC)CCCCCCCCC. The molecule has 0 heterocycles. The molecule has 0 saturated heterocycles. The monoisotopic (exact) mass is 752 g/mol. The summed E-state index contributed by atoms with van der Waals surface area (Å²) in [5, 5.41) is 9.56. The Morgan fingerprint density at radius 3 is 1.23 bits per heavy atom. The van der Waals surface area contributed by atoms with Crippen LogP contribution in [0, 0.1) is 0 Å². The molecular weight excluding hydrogens is 659 g/mol. The third-order valence-electron chi connectivity index (χ3n) is 10.9. The van der Waals surface area contributed by atoms with Gasteiger partial charge in [-0.1, -0.05) is 181 Å². The number of ether oxygens (including phenoxy) is 2. The van der Waals surface area contributed by atoms with Crippen molar-refractivity contribution in [1.82, 2.24) is 4.90 Å². The summed E-state index contributed by atoms with van der Waals surface area (Å²) in [6.45, 7) is 10.3. The van der Waals surface area contributed by atoms with E-state index in [0.29, 0.717) is 19.4 Å². The standard InChI is InChI=1S/C47H93NO5/c1-4-7-10-13-16-17-18-20-28-35-44-52-46(50)38-31-25-27-34-41-48(42-43-49)40-33-26-21-24-32-39-47(51)53-45(36-29-22-15-12-9-6-3)37-30-23-19-14-11-8-5-2/h45,49H,4-44H2,1-3H3. The highest BCUT2D eigenvalue weighted by atomic mass is 16.5. The summed E-state index contributed by atoms with van der Waals surface area (Å²) in [6, 6.07) is 0. The Labute approximate surface area is 331 Å². The first-order valence-electron chi connectivity index (χ1n) is 23.8. The van der Waals surface area contributed by atoms with Crippen molar-refractivity contribution in [1.29, 1.82) is 0 Å². The van der Waals surface area contributed by atoms with E-state index in [2.05, 4.69) is 25.7 Å². The van der Waals surface area contributed by atoms with Crippen LogP contribution in [0.25, 0.3) is 0 Å². The van der Waals surface area contributed by atoms with Gasteiger partial charge in [0.2, 0.25) is 0 Å². The molecule has 6 heteroatoms. The Balaban J connectivity index is 3.94. The van der Waals surface area contributed by atoms with Gasteiger partial charge in [-0.05, 0) is 70.9 Å². The number of aliphatic hydroxyl groups is 1. The van der Waals surface area contributed by atoms with Gasteiger partial charge in [-0.2, -0.15) is 0 Å². The van der Waals surface area contributed by atoms with Gasteiger partial charge in [0, 0.05) is 19.4 Å². The van der Waals surface area contributed by atoms with Crippen molar-refractivity contribution >= 4 is 11.9 Å². The topological polar surface area (TPSA) is 76.1 Å². The predicted molar refractivity (Wildman–Crippen MR) is 228 cm³/mol. The van der Waals surface area contributed by atoms with Crippen molar-refractivity contribution in [2.24, 2.45) is 0 Å². The van der Waals surface area contributed by atoms with E-state index in [1.807, 2.05) is 0 Å². The molecule has 0 amide bonds. The van der Waals surface area contributed by atoms with Gasteiger partial charge in [0.05, 0.1) is 13.2 Å². The van der Waals surface area contributed by atoms with Gasteiger partial charge in [-0.15, -0.1) is 0 Å². The highest BCUT2D eigenvalue weighted by molar-refractivity contribution is 5.69. The highest BCUT2D eigenvalue weighted by Gasteiger charge is 2.14. The van der Waals surface area contributed by atoms with E-state index in [1.165, 1.54) is 141 Å². The van der Waals surface area contributed by atoms with Crippen LogP contribution in [0.2, 0.25) is 0 Å². The van der Waals surface area contributed by atoms with E-state index in [4.69, 9.17) is 9.47 Å². The smallest absolute Gasteiger partial charge is 0.306 e. The summed E-state index contributed by atoms with van der Waals surface area (Å²) in [5.41, 5.74) is 0. The molecule has 0 spiro atoms. The van der Waals surface area contributed by atoms with Gasteiger partial charge in [0.25, 0.3) is 0 Å². The molecule has 6 nitrogen and oxygen atoms in total. The van der Waals surface area contributed by atoms with E-state index < -0.39 is 0 Å². The molecule has 1 N–H and O–H groups in total. The molecule has 0 aromatic carbocycles. The lowest BCUT2D eigenvalue weighted by molar-refractivity contribution is -0.150. The van der Waals surface area contributed by atoms with E-state index >= 15 is 0 Å². The minimum absolute atomic E-state index is 0.0132. The summed E-state index contributed by atoms with van der Waals surface area (Å²) >= 11 is 0. The molecule has 0 rings (SSSR count). The maximum Gasteiger partial charge on any atom is 0.306 e. The number of carbonyl (C=O) groups excluding carboxylic acids is 2. The predicted octanol–water partition coefficient (Wildman–Crippen LogP) is 13.8. The molecule has 316 valence electrons. The van der Waals surface area contributed by atoms with Crippen LogP contribution >= 0.6 is 0 Å². The third-order valence-corrected chi connectivity index (χ3v) is 10.9. The van der Waals surface area contributed by atoms with Crippen molar-refractivity contribution in [2.45, 2.75) is 258 Å². The lowest BCUT2D eigenvalue weighted by Crippen LogP contribution is -2.29. The van der Waals surface area contributed by atoms with E-state index in [0.717, 1.165) is 96.7 Å². The Bertz CT molecular complexity index is 746. The third kappa shape index (κ3) is 40.3. The Kier molecular flexibility index (Phi) is 42.6. The van der Waals surface area contributed by atoms with Gasteiger partial charge >= 0.3 is 11.9 Å². The number of hydrogen-bond donors (Lipinski definition) is 1. The molecule has 0 aliphatic carbocycles. The van der Waals surface area contributed by atoms with Crippen LogP contribution in [0.1, 0.15) is 252 Å². The maximum atomic E-state index is 12.7. The average molecular weight is 752 g/mol. The summed E-state index contributed by atoms with van der Waals surface area (Å²) in [7, 11) is 0. The average Bonchev–Trinajstić information content (AvgIpc) is 3.15. The zero-order valence-electron chi connectivity index (χ0n) is 36.1. The molecule has 0 aliphatic rings. The van der Waals surface area contributed by atoms with Crippen molar-refractivity contribution in [3.8, 4) is 0 Å². The molecule has 0 bridgehead atoms. The number of nitrogens with zero attached hydrogens (tertiary/aromatic N) is 1. The largest absolute Gasteiger partial charge is 0.466 e. The maximum absolute atomic E-state index is 12.7. The number of aliphatic hydroxyl groups excluding tert-OH is 1. The zero-order chi connectivity index (χ0) is 38.7. The number of carbonyl (C=O) groups is 2. The fourth-order valence-electron chi connectivity index (χ4n) is 7.41. The molecule has 1 unspecified atom stereocenters. The zero-order valence-corrected chi connectivity index (χ0v) is 36.1. The fourth-order valence-corrected chi connectivity index (χ4v) is 7.41. The quantitative estimate of drug-likeness (QED) is 0.0493. The van der Waals surface area contributed by atoms with Crippen LogP contribution in [-0.2, 0) is 19.1 Å². The lowest BCUT2D eigenvalue weighted by atomic mass is 10.0. The molecule has 0 aliphatic heterocycles. The Morgan fingerprint density at radius 1 is 0.434 bits per heavy atom. The second kappa shape index (κ2) is 43.6. The molecule has 0 saturated carbocycles. The van der Waals surface area contributed by atoms with Crippen LogP contribution in [0.5, 0.6) is 0 Å². The minimum atomic E-state index is -0.0359. The second-order valence-electron chi connectivity index (χ2n) is 16.2. The fraction of sp³-hybridized carbons (Fsp3) is 0.957.